The summed E-state index contributed by atoms with van der Waals surface area (Å²) in [7, 11) is 4.67. The first-order chi connectivity index (χ1) is 1.73. The van der Waals surface area contributed by atoms with Crippen LogP contribution in [0.15, 0.2) is 0 Å². The van der Waals surface area contributed by atoms with Gasteiger partial charge in [0.1, 0.15) is 7.85 Å². The number of hydrogen-bond acceptors (Lipinski definition) is 1. The number of aliphatic hydroxyl groups is 1. The van der Waals surface area contributed by atoms with Gasteiger partial charge in [-0.15, -0.1) is 0 Å². The van der Waals surface area contributed by atoms with Crippen molar-refractivity contribution in [3.63, 3.8) is 0 Å². The Balaban J connectivity index is 2.32. The van der Waals surface area contributed by atoms with E-state index in [9.17, 15) is 0 Å². The highest BCUT2D eigenvalue weighted by Gasteiger charge is 1.69. The van der Waals surface area contributed by atoms with Crippen molar-refractivity contribution >= 4 is 7.85 Å². The molecule has 0 rings (SSSR count). The molecule has 0 aromatic carbocycles. The van der Waals surface area contributed by atoms with Crippen LogP contribution >= 0.6 is 0 Å². The Labute approximate surface area is 27.1 Å². The monoisotopic (exact) mass is 56.0 g/mol. The summed E-state index contributed by atoms with van der Waals surface area (Å²) in [5.74, 6) is 0. The van der Waals surface area contributed by atoms with Crippen molar-refractivity contribution in [3.8, 4) is 0 Å². The maximum atomic E-state index is 7.83. The van der Waals surface area contributed by atoms with Gasteiger partial charge < -0.3 is 5.11 Å². The normalized spacial score (nSPS) is 15.5. The summed E-state index contributed by atoms with van der Waals surface area (Å²) in [6.45, 7) is 1.50. The molecule has 0 fully saturated rings. The van der Waals surface area contributed by atoms with E-state index in [-0.39, 0.29) is 0 Å². The average molecular weight is 55.9 g/mol. The molecule has 0 spiro atoms. The van der Waals surface area contributed by atoms with Crippen LogP contribution in [0.5, 0.6) is 0 Å². The van der Waals surface area contributed by atoms with E-state index in [1.807, 2.05) is 0 Å². The van der Waals surface area contributed by atoms with Crippen molar-refractivity contribution in [1.29, 1.82) is 0 Å². The standard InChI is InChI=1S/C2H5BO/c1-2(3)4/h2,4H,1H3. The lowest BCUT2D eigenvalue weighted by Crippen LogP contribution is -1.94. The topological polar surface area (TPSA) is 20.2 Å². The molecule has 0 aliphatic carbocycles. The summed E-state index contributed by atoms with van der Waals surface area (Å²) >= 11 is 0. The van der Waals surface area contributed by atoms with E-state index in [0.717, 1.165) is 0 Å². The van der Waals surface area contributed by atoms with Gasteiger partial charge in [-0.25, -0.2) is 0 Å². The summed E-state index contributed by atoms with van der Waals surface area (Å²) < 4.78 is 0. The molecular formula is C2H5BO. The molecule has 0 saturated carbocycles. The van der Waals surface area contributed by atoms with Crippen molar-refractivity contribution < 1.29 is 5.11 Å². The molecule has 4 heavy (non-hydrogen) atoms. The smallest absolute Gasteiger partial charge is 0.108 e. The van der Waals surface area contributed by atoms with Gasteiger partial charge in [-0.1, -0.05) is 0 Å². The van der Waals surface area contributed by atoms with Crippen molar-refractivity contribution in [3.05, 3.63) is 0 Å². The Morgan fingerprint density at radius 3 is 2.00 bits per heavy atom. The van der Waals surface area contributed by atoms with E-state index < -0.39 is 6.00 Å². The maximum absolute atomic E-state index is 7.83. The number of aliphatic hydroxyl groups excluding tert-OH is 1. The molecule has 0 aliphatic rings. The van der Waals surface area contributed by atoms with Crippen LogP contribution in [0.1, 0.15) is 6.92 Å². The Morgan fingerprint density at radius 1 is 2.00 bits per heavy atom. The first-order valence-electron chi connectivity index (χ1n) is 1.17. The van der Waals surface area contributed by atoms with Gasteiger partial charge in [0.25, 0.3) is 0 Å². The molecule has 2 heteroatoms. The van der Waals surface area contributed by atoms with Crippen molar-refractivity contribution in [2.45, 2.75) is 12.9 Å². The average Bonchev–Trinajstić information content (AvgIpc) is 0.811. The predicted molar refractivity (Wildman–Crippen MR) is 17.4 cm³/mol. The summed E-state index contributed by atoms with van der Waals surface area (Å²) in [4.78, 5) is 0. The lowest BCUT2D eigenvalue weighted by molar-refractivity contribution is 0.276. The van der Waals surface area contributed by atoms with Crippen molar-refractivity contribution in [1.82, 2.24) is 0 Å². The van der Waals surface area contributed by atoms with Crippen LogP contribution in [0.3, 0.4) is 0 Å². The van der Waals surface area contributed by atoms with Crippen LogP contribution < -0.4 is 0 Å². The van der Waals surface area contributed by atoms with Gasteiger partial charge in [0.2, 0.25) is 0 Å². The van der Waals surface area contributed by atoms with Gasteiger partial charge in [0, 0.05) is 6.00 Å². The first kappa shape index (κ1) is 4.02. The quantitative estimate of drug-likeness (QED) is 0.370. The predicted octanol–water partition coefficient (Wildman–Crippen LogP) is -0.507. The molecule has 1 nitrogen and oxygen atoms in total. The zero-order valence-electron chi connectivity index (χ0n) is 2.60. The molecule has 0 aromatic rings. The Kier molecular flexibility index (Phi) is 1.36. The fourth-order valence-electron chi connectivity index (χ4n) is 0. The summed E-state index contributed by atoms with van der Waals surface area (Å²) in [5.41, 5.74) is 0. The molecule has 0 amide bonds. The Hall–Kier alpha value is 0.0249. The van der Waals surface area contributed by atoms with E-state index in [2.05, 4.69) is 7.85 Å². The second kappa shape index (κ2) is 1.36. The molecule has 1 N–H and O–H groups in total. The van der Waals surface area contributed by atoms with Crippen LogP contribution in [-0.2, 0) is 0 Å². The highest BCUT2D eigenvalue weighted by molar-refractivity contribution is 6.10. The SMILES string of the molecule is [B]C(C)O. The van der Waals surface area contributed by atoms with E-state index in [1.165, 1.54) is 6.92 Å². The highest BCUT2D eigenvalue weighted by atomic mass is 16.3. The molecule has 0 aliphatic heterocycles. The lowest BCUT2D eigenvalue weighted by Gasteiger charge is -1.80. The molecule has 1 atom stereocenters. The minimum atomic E-state index is -0.667. The maximum Gasteiger partial charge on any atom is 0.108 e. The largest absolute Gasteiger partial charge is 0.403 e. The second-order valence-corrected chi connectivity index (χ2v) is 0.741. The van der Waals surface area contributed by atoms with Gasteiger partial charge in [0.15, 0.2) is 0 Å². The van der Waals surface area contributed by atoms with Crippen LogP contribution in [-0.4, -0.2) is 19.0 Å². The fraction of sp³-hybridized carbons (Fsp3) is 1.00. The molecule has 22 valence electrons. The minimum Gasteiger partial charge on any atom is -0.403 e. The molecule has 0 aromatic heterocycles. The van der Waals surface area contributed by atoms with Gasteiger partial charge in [-0.2, -0.15) is 0 Å². The van der Waals surface area contributed by atoms with Gasteiger partial charge >= 0.3 is 0 Å². The fourth-order valence-corrected chi connectivity index (χ4v) is 0. The summed E-state index contributed by atoms with van der Waals surface area (Å²) in [6, 6.07) is -0.667. The number of rotatable bonds is 0. The summed E-state index contributed by atoms with van der Waals surface area (Å²) in [6.07, 6.45) is 0. The molecule has 2 radical (unpaired) electrons. The third kappa shape index (κ3) is 3420. The minimum absolute atomic E-state index is 0.667. The van der Waals surface area contributed by atoms with Crippen LogP contribution in [0.4, 0.5) is 0 Å². The highest BCUT2D eigenvalue weighted by Crippen LogP contribution is 1.56. The van der Waals surface area contributed by atoms with Crippen molar-refractivity contribution in [2.24, 2.45) is 0 Å². The Morgan fingerprint density at radius 2 is 2.00 bits per heavy atom. The first-order valence-corrected chi connectivity index (χ1v) is 1.17. The Bertz CT molecular complexity index is 10.8. The molecule has 0 saturated heterocycles. The lowest BCUT2D eigenvalue weighted by atomic mass is 10.0. The van der Waals surface area contributed by atoms with Crippen LogP contribution in [0, 0.1) is 0 Å². The third-order valence-electron chi connectivity index (χ3n) is 0. The van der Waals surface area contributed by atoms with E-state index >= 15 is 0 Å². The second-order valence-electron chi connectivity index (χ2n) is 0.741. The van der Waals surface area contributed by atoms with Crippen LogP contribution in [0.2, 0.25) is 0 Å². The van der Waals surface area contributed by atoms with E-state index in [4.69, 9.17) is 5.11 Å². The van der Waals surface area contributed by atoms with E-state index in [0.29, 0.717) is 0 Å². The zero-order chi connectivity index (χ0) is 3.58. The summed E-state index contributed by atoms with van der Waals surface area (Å²) in [5, 5.41) is 7.83. The van der Waals surface area contributed by atoms with Gasteiger partial charge in [0.05, 0.1) is 0 Å². The van der Waals surface area contributed by atoms with Gasteiger partial charge in [-0.3, -0.25) is 0 Å². The molecule has 1 unspecified atom stereocenters. The molecule has 0 bridgehead atoms. The van der Waals surface area contributed by atoms with Crippen LogP contribution in [0.25, 0.3) is 0 Å². The van der Waals surface area contributed by atoms with Crippen molar-refractivity contribution in [2.75, 3.05) is 0 Å². The zero-order valence-corrected chi connectivity index (χ0v) is 2.60. The van der Waals surface area contributed by atoms with E-state index in [1.54, 1.807) is 0 Å². The number of hydrogen-bond donors (Lipinski definition) is 1. The third-order valence-corrected chi connectivity index (χ3v) is 0. The molecule has 0 heterocycles. The van der Waals surface area contributed by atoms with Gasteiger partial charge in [-0.05, 0) is 6.92 Å². The molecular weight excluding hydrogens is 50.8 g/mol.